The Morgan fingerprint density at radius 2 is 1.82 bits per heavy atom. The molecule has 1 aliphatic heterocycles. The van der Waals surface area contributed by atoms with Crippen LogP contribution in [0.25, 0.3) is 11.3 Å². The number of furan rings is 1. The van der Waals surface area contributed by atoms with Gasteiger partial charge in [0.15, 0.2) is 0 Å². The number of H-pyrrole nitrogens is 1. The summed E-state index contributed by atoms with van der Waals surface area (Å²) >= 11 is 0. The second kappa shape index (κ2) is 8.90. The lowest BCUT2D eigenvalue weighted by Gasteiger charge is -2.24. The largest absolute Gasteiger partial charge is 0.494 e. The van der Waals surface area contributed by atoms with E-state index in [2.05, 4.69) is 10.2 Å². The molecule has 1 N–H and O–H groups in total. The molecule has 4 aromatic rings. The Morgan fingerprint density at radius 1 is 1.06 bits per heavy atom. The van der Waals surface area contributed by atoms with Crippen molar-refractivity contribution in [2.45, 2.75) is 19.9 Å². The smallest absolute Gasteiger partial charge is 0.338 e. The molecule has 2 aromatic heterocycles. The zero-order valence-corrected chi connectivity index (χ0v) is 18.8. The first-order valence-electron chi connectivity index (χ1n) is 11.1. The van der Waals surface area contributed by atoms with E-state index >= 15 is 0 Å². The average Bonchev–Trinajstić information content (AvgIpc) is 3.58. The van der Waals surface area contributed by atoms with Crippen LogP contribution in [0.1, 0.15) is 52.1 Å². The van der Waals surface area contributed by atoms with Crippen molar-refractivity contribution in [1.29, 1.82) is 0 Å². The standard InChI is InChI=1S/C26H23N3O5/c1-3-32-19-13-9-16(10-14-19)22-21-23(28-27-22)25(30)29(24(21)20-6-5-15-34-20)18-11-7-17(8-12-18)26(31)33-4-2/h5-15,24H,3-4H2,1-2H3,(H,27,28). The first-order valence-corrected chi connectivity index (χ1v) is 11.1. The molecule has 8 nitrogen and oxygen atoms in total. The predicted octanol–water partition coefficient (Wildman–Crippen LogP) is 4.99. The van der Waals surface area contributed by atoms with E-state index in [-0.39, 0.29) is 5.91 Å². The second-order valence-corrected chi connectivity index (χ2v) is 7.68. The maximum atomic E-state index is 13.5. The fourth-order valence-electron chi connectivity index (χ4n) is 4.20. The molecule has 5 rings (SSSR count). The van der Waals surface area contributed by atoms with Gasteiger partial charge in [-0.25, -0.2) is 4.79 Å². The van der Waals surface area contributed by atoms with Crippen LogP contribution in [-0.4, -0.2) is 35.3 Å². The minimum absolute atomic E-state index is 0.232. The Morgan fingerprint density at radius 3 is 2.47 bits per heavy atom. The monoisotopic (exact) mass is 457 g/mol. The minimum Gasteiger partial charge on any atom is -0.494 e. The summed E-state index contributed by atoms with van der Waals surface area (Å²) in [6.07, 6.45) is 1.58. The number of carbonyl (C=O) groups excluding carboxylic acids is 2. The number of fused-ring (bicyclic) bond motifs is 1. The van der Waals surface area contributed by atoms with Gasteiger partial charge in [0.1, 0.15) is 23.2 Å². The molecule has 0 spiro atoms. The molecular formula is C26H23N3O5. The van der Waals surface area contributed by atoms with Gasteiger partial charge in [0.2, 0.25) is 0 Å². The molecule has 0 radical (unpaired) electrons. The molecule has 3 heterocycles. The number of aromatic nitrogens is 2. The van der Waals surface area contributed by atoms with Crippen LogP contribution < -0.4 is 9.64 Å². The molecule has 0 aliphatic carbocycles. The van der Waals surface area contributed by atoms with Crippen LogP contribution in [0.3, 0.4) is 0 Å². The Kier molecular flexibility index (Phi) is 5.63. The number of anilines is 1. The molecular weight excluding hydrogens is 434 g/mol. The molecule has 2 aromatic carbocycles. The molecule has 172 valence electrons. The van der Waals surface area contributed by atoms with Crippen molar-refractivity contribution in [3.63, 3.8) is 0 Å². The van der Waals surface area contributed by atoms with Gasteiger partial charge < -0.3 is 13.9 Å². The maximum Gasteiger partial charge on any atom is 0.338 e. The van der Waals surface area contributed by atoms with Crippen LogP contribution in [0.4, 0.5) is 5.69 Å². The van der Waals surface area contributed by atoms with Crippen LogP contribution in [0.15, 0.2) is 71.3 Å². The van der Waals surface area contributed by atoms with Crippen molar-refractivity contribution in [2.75, 3.05) is 18.1 Å². The number of esters is 1. The van der Waals surface area contributed by atoms with E-state index in [1.807, 2.05) is 37.3 Å². The fraction of sp³-hybridized carbons (Fsp3) is 0.192. The van der Waals surface area contributed by atoms with E-state index in [0.717, 1.165) is 16.9 Å². The number of hydrogen-bond donors (Lipinski definition) is 1. The number of ether oxygens (including phenoxy) is 2. The Hall–Kier alpha value is -4.33. The zero-order valence-electron chi connectivity index (χ0n) is 18.8. The number of hydrogen-bond acceptors (Lipinski definition) is 6. The van der Waals surface area contributed by atoms with Gasteiger partial charge in [0, 0.05) is 16.8 Å². The van der Waals surface area contributed by atoms with E-state index in [1.165, 1.54) is 0 Å². The van der Waals surface area contributed by atoms with Gasteiger partial charge >= 0.3 is 5.97 Å². The summed E-state index contributed by atoms with van der Waals surface area (Å²) in [4.78, 5) is 27.2. The van der Waals surface area contributed by atoms with Gasteiger partial charge in [-0.1, -0.05) is 0 Å². The summed E-state index contributed by atoms with van der Waals surface area (Å²) in [7, 11) is 0. The number of nitrogens with one attached hydrogen (secondary N) is 1. The number of aromatic amines is 1. The highest BCUT2D eigenvalue weighted by atomic mass is 16.5. The number of carbonyl (C=O) groups is 2. The fourth-order valence-corrected chi connectivity index (χ4v) is 4.20. The number of nitrogens with zero attached hydrogens (tertiary/aromatic N) is 2. The first kappa shape index (κ1) is 21.5. The summed E-state index contributed by atoms with van der Waals surface area (Å²) in [6, 6.07) is 17.5. The van der Waals surface area contributed by atoms with Crippen molar-refractivity contribution < 1.29 is 23.5 Å². The molecule has 34 heavy (non-hydrogen) atoms. The second-order valence-electron chi connectivity index (χ2n) is 7.68. The number of benzene rings is 2. The highest BCUT2D eigenvalue weighted by Gasteiger charge is 2.44. The van der Waals surface area contributed by atoms with E-state index < -0.39 is 12.0 Å². The summed E-state index contributed by atoms with van der Waals surface area (Å²) in [5, 5.41) is 7.39. The van der Waals surface area contributed by atoms with E-state index in [9.17, 15) is 9.59 Å². The lowest BCUT2D eigenvalue weighted by molar-refractivity contribution is 0.0526. The number of rotatable bonds is 7. The van der Waals surface area contributed by atoms with Crippen molar-refractivity contribution >= 4 is 17.6 Å². The van der Waals surface area contributed by atoms with Crippen molar-refractivity contribution in [1.82, 2.24) is 10.2 Å². The lowest BCUT2D eigenvalue weighted by atomic mass is 10.00. The van der Waals surface area contributed by atoms with Crippen molar-refractivity contribution in [3.8, 4) is 17.0 Å². The molecule has 1 amide bonds. The minimum atomic E-state index is -0.522. The summed E-state index contributed by atoms with van der Waals surface area (Å²) in [5.41, 5.74) is 3.70. The molecule has 0 fully saturated rings. The lowest BCUT2D eigenvalue weighted by Crippen LogP contribution is -2.29. The third-order valence-electron chi connectivity index (χ3n) is 5.68. The van der Waals surface area contributed by atoms with E-state index in [1.54, 1.807) is 48.4 Å². The van der Waals surface area contributed by atoms with Crippen molar-refractivity contribution in [2.24, 2.45) is 0 Å². The highest BCUT2D eigenvalue weighted by Crippen LogP contribution is 2.45. The van der Waals surface area contributed by atoms with E-state index in [0.29, 0.717) is 41.6 Å². The van der Waals surface area contributed by atoms with Crippen LogP contribution in [0.5, 0.6) is 5.75 Å². The SMILES string of the molecule is CCOC(=O)c1ccc(N2C(=O)c3[nH]nc(-c4ccc(OCC)cc4)c3C2c2ccco2)cc1. The molecule has 0 saturated carbocycles. The van der Waals surface area contributed by atoms with Gasteiger partial charge in [-0.05, 0) is 74.5 Å². The molecule has 1 aliphatic rings. The van der Waals surface area contributed by atoms with Gasteiger partial charge in [0.25, 0.3) is 5.91 Å². The first-order chi connectivity index (χ1) is 16.6. The maximum absolute atomic E-state index is 13.5. The molecule has 0 bridgehead atoms. The third kappa shape index (κ3) is 3.63. The Labute approximate surface area is 196 Å². The van der Waals surface area contributed by atoms with Crippen LogP contribution in [0, 0.1) is 0 Å². The summed E-state index contributed by atoms with van der Waals surface area (Å²) in [6.45, 7) is 4.56. The Balaban J connectivity index is 1.56. The molecule has 0 saturated heterocycles. The topological polar surface area (TPSA) is 97.7 Å². The van der Waals surface area contributed by atoms with Crippen LogP contribution in [-0.2, 0) is 4.74 Å². The van der Waals surface area contributed by atoms with Gasteiger partial charge in [-0.2, -0.15) is 5.10 Å². The quantitative estimate of drug-likeness (QED) is 0.393. The van der Waals surface area contributed by atoms with Gasteiger partial charge in [-0.3, -0.25) is 14.8 Å². The molecule has 1 unspecified atom stereocenters. The molecule has 1 atom stereocenters. The Bertz CT molecular complexity index is 1310. The number of amides is 1. The average molecular weight is 457 g/mol. The molecule has 8 heteroatoms. The summed E-state index contributed by atoms with van der Waals surface area (Å²) < 4.78 is 16.4. The van der Waals surface area contributed by atoms with E-state index in [4.69, 9.17) is 13.9 Å². The van der Waals surface area contributed by atoms with Gasteiger partial charge in [0.05, 0.1) is 30.7 Å². The van der Waals surface area contributed by atoms with Crippen LogP contribution in [0.2, 0.25) is 0 Å². The third-order valence-corrected chi connectivity index (χ3v) is 5.68. The predicted molar refractivity (Wildman–Crippen MR) is 125 cm³/mol. The van der Waals surface area contributed by atoms with Gasteiger partial charge in [-0.15, -0.1) is 0 Å². The highest BCUT2D eigenvalue weighted by molar-refractivity contribution is 6.11. The zero-order chi connectivity index (χ0) is 23.7. The normalized spacial score (nSPS) is 14.8. The van der Waals surface area contributed by atoms with Crippen molar-refractivity contribution in [3.05, 3.63) is 89.5 Å². The van der Waals surface area contributed by atoms with Crippen LogP contribution >= 0.6 is 0 Å². The summed E-state index contributed by atoms with van der Waals surface area (Å²) in [5.74, 6) is 0.733.